The quantitative estimate of drug-likeness (QED) is 0.628. The van der Waals surface area contributed by atoms with Crippen LogP contribution in [0, 0.1) is 5.92 Å². The van der Waals surface area contributed by atoms with Gasteiger partial charge < -0.3 is 5.32 Å². The number of amides is 1. The Labute approximate surface area is 171 Å². The number of carbonyl (C=O) groups is 1. The predicted molar refractivity (Wildman–Crippen MR) is 108 cm³/mol. The average molecular weight is 435 g/mol. The highest BCUT2D eigenvalue weighted by Gasteiger charge is 2.51. The molecule has 3 aliphatic rings. The summed E-state index contributed by atoms with van der Waals surface area (Å²) in [5.41, 5.74) is 4.80. The Morgan fingerprint density at radius 3 is 2.71 bits per heavy atom. The topological polar surface area (TPSA) is 59.8 Å². The minimum atomic E-state index is -0.226. The van der Waals surface area contributed by atoms with Crippen molar-refractivity contribution >= 4 is 21.8 Å². The van der Waals surface area contributed by atoms with Crippen LogP contribution in [0.15, 0.2) is 53.3 Å². The number of nitrogens with zero attached hydrogens (tertiary/aromatic N) is 3. The maximum absolute atomic E-state index is 13.2. The van der Waals surface area contributed by atoms with E-state index in [1.807, 2.05) is 35.0 Å². The van der Waals surface area contributed by atoms with Crippen molar-refractivity contribution in [1.82, 2.24) is 20.1 Å². The van der Waals surface area contributed by atoms with Gasteiger partial charge in [0.15, 0.2) is 5.69 Å². The van der Waals surface area contributed by atoms with Gasteiger partial charge in [-0.2, -0.15) is 5.10 Å². The van der Waals surface area contributed by atoms with Gasteiger partial charge in [0.1, 0.15) is 4.60 Å². The lowest BCUT2D eigenvalue weighted by Crippen LogP contribution is -2.35. The Morgan fingerprint density at radius 2 is 2.00 bits per heavy atom. The van der Waals surface area contributed by atoms with Crippen molar-refractivity contribution in [3.8, 4) is 5.69 Å². The first kappa shape index (κ1) is 16.5. The Bertz CT molecular complexity index is 1090. The zero-order chi connectivity index (χ0) is 18.9. The number of hydrogen-bond acceptors (Lipinski definition) is 3. The van der Waals surface area contributed by atoms with Crippen LogP contribution in [0.1, 0.15) is 52.5 Å². The van der Waals surface area contributed by atoms with Gasteiger partial charge in [0, 0.05) is 11.5 Å². The number of halogens is 1. The molecule has 2 atom stereocenters. The summed E-state index contributed by atoms with van der Waals surface area (Å²) < 4.78 is 2.74. The second-order valence-electron chi connectivity index (χ2n) is 8.17. The van der Waals surface area contributed by atoms with Crippen molar-refractivity contribution in [3.05, 3.63) is 75.8 Å². The van der Waals surface area contributed by atoms with Gasteiger partial charge in [0.05, 0.1) is 23.1 Å². The molecule has 2 aromatic heterocycles. The molecule has 2 saturated carbocycles. The smallest absolute Gasteiger partial charge is 0.272 e. The van der Waals surface area contributed by atoms with Crippen LogP contribution >= 0.6 is 15.9 Å². The third kappa shape index (κ3) is 2.47. The molecule has 0 aliphatic heterocycles. The van der Waals surface area contributed by atoms with E-state index in [0.717, 1.165) is 35.1 Å². The van der Waals surface area contributed by atoms with Crippen molar-refractivity contribution in [2.45, 2.75) is 37.1 Å². The summed E-state index contributed by atoms with van der Waals surface area (Å²) in [6.07, 6.45) is 5.94. The van der Waals surface area contributed by atoms with Crippen LogP contribution in [-0.4, -0.2) is 20.7 Å². The highest BCUT2D eigenvalue weighted by atomic mass is 79.9. The van der Waals surface area contributed by atoms with Crippen molar-refractivity contribution in [1.29, 1.82) is 0 Å². The van der Waals surface area contributed by atoms with E-state index in [4.69, 9.17) is 5.10 Å². The predicted octanol–water partition coefficient (Wildman–Crippen LogP) is 4.11. The zero-order valence-corrected chi connectivity index (χ0v) is 16.8. The summed E-state index contributed by atoms with van der Waals surface area (Å²) in [5, 5.41) is 8.06. The molecule has 0 radical (unpaired) electrons. The molecule has 0 saturated heterocycles. The van der Waals surface area contributed by atoms with Crippen LogP contribution in [0.5, 0.6) is 0 Å². The fourth-order valence-electron chi connectivity index (χ4n) is 4.63. The van der Waals surface area contributed by atoms with Gasteiger partial charge in [-0.1, -0.05) is 30.3 Å². The van der Waals surface area contributed by atoms with E-state index in [1.54, 1.807) is 6.20 Å². The maximum atomic E-state index is 13.2. The minimum Gasteiger partial charge on any atom is -0.341 e. The Kier molecular flexibility index (Phi) is 3.39. The van der Waals surface area contributed by atoms with E-state index in [2.05, 4.69) is 38.4 Å². The highest BCUT2D eigenvalue weighted by Crippen LogP contribution is 2.57. The summed E-state index contributed by atoms with van der Waals surface area (Å²) in [5.74, 6) is 1.16. The van der Waals surface area contributed by atoms with E-state index >= 15 is 0 Å². The largest absolute Gasteiger partial charge is 0.341 e. The van der Waals surface area contributed by atoms with Gasteiger partial charge in [0.25, 0.3) is 5.91 Å². The van der Waals surface area contributed by atoms with Gasteiger partial charge in [-0.25, -0.2) is 9.67 Å². The van der Waals surface area contributed by atoms with Crippen molar-refractivity contribution < 1.29 is 4.79 Å². The molecule has 6 heteroatoms. The third-order valence-corrected chi connectivity index (χ3v) is 6.83. The molecule has 2 fully saturated rings. The van der Waals surface area contributed by atoms with Crippen molar-refractivity contribution in [3.63, 3.8) is 0 Å². The lowest BCUT2D eigenvalue weighted by molar-refractivity contribution is 0.0924. The van der Waals surface area contributed by atoms with E-state index in [9.17, 15) is 4.79 Å². The first-order valence-corrected chi connectivity index (χ1v) is 10.6. The third-order valence-electron chi connectivity index (χ3n) is 6.36. The van der Waals surface area contributed by atoms with Crippen LogP contribution in [-0.2, 0) is 12.0 Å². The summed E-state index contributed by atoms with van der Waals surface area (Å²) in [6.45, 7) is 0. The second-order valence-corrected chi connectivity index (χ2v) is 8.98. The molecule has 1 N–H and O–H groups in total. The molecule has 0 spiro atoms. The van der Waals surface area contributed by atoms with E-state index in [-0.39, 0.29) is 11.4 Å². The first-order chi connectivity index (χ1) is 13.6. The molecule has 0 bridgehead atoms. The lowest BCUT2D eigenvalue weighted by atomic mass is 10.0. The molecular formula is C22H19BrN4O. The number of rotatable bonds is 4. The van der Waals surface area contributed by atoms with Gasteiger partial charge >= 0.3 is 0 Å². The fourth-order valence-corrected chi connectivity index (χ4v) is 4.87. The number of benzene rings is 1. The molecule has 1 aromatic carbocycles. The van der Waals surface area contributed by atoms with Crippen LogP contribution < -0.4 is 5.32 Å². The van der Waals surface area contributed by atoms with Crippen LogP contribution in [0.3, 0.4) is 0 Å². The summed E-state index contributed by atoms with van der Waals surface area (Å²) in [7, 11) is 0. The van der Waals surface area contributed by atoms with Crippen LogP contribution in [0.25, 0.3) is 5.69 Å². The number of nitrogens with one attached hydrogen (secondary N) is 1. The lowest BCUT2D eigenvalue weighted by Gasteiger charge is -2.17. The molecule has 6 rings (SSSR count). The Balaban J connectivity index is 1.37. The summed E-state index contributed by atoms with van der Waals surface area (Å²) in [6, 6.07) is 14.2. The molecule has 28 heavy (non-hydrogen) atoms. The molecule has 1 amide bonds. The van der Waals surface area contributed by atoms with Crippen LogP contribution in [0.4, 0.5) is 0 Å². The molecule has 0 unspecified atom stereocenters. The van der Waals surface area contributed by atoms with Gasteiger partial charge in [0.2, 0.25) is 0 Å². The van der Waals surface area contributed by atoms with Crippen LogP contribution in [0.2, 0.25) is 0 Å². The molecule has 140 valence electrons. The van der Waals surface area contributed by atoms with E-state index in [0.29, 0.717) is 17.5 Å². The second kappa shape index (κ2) is 5.77. The normalized spacial score (nSPS) is 23.0. The number of pyridine rings is 1. The molecular weight excluding hydrogens is 416 g/mol. The zero-order valence-electron chi connectivity index (χ0n) is 15.2. The first-order valence-electron chi connectivity index (χ1n) is 9.76. The van der Waals surface area contributed by atoms with E-state index in [1.165, 1.54) is 17.7 Å². The standard InChI is InChI=1S/C22H19BrN4O/c23-18-7-6-15(12-24-18)27-20-16-10-13(16)11-17(20)19(26-27)21(28)25-22(8-9-22)14-4-2-1-3-5-14/h1-7,12-13,16H,8-11H2,(H,25,28)/t13-,16-/m1/s1. The average Bonchev–Trinajstić information content (AvgIpc) is 3.59. The molecule has 5 nitrogen and oxygen atoms in total. The van der Waals surface area contributed by atoms with Gasteiger partial charge in [-0.15, -0.1) is 0 Å². The molecule has 2 heterocycles. The van der Waals surface area contributed by atoms with Gasteiger partial charge in [-0.05, 0) is 65.2 Å². The van der Waals surface area contributed by atoms with Crippen molar-refractivity contribution in [2.75, 3.05) is 0 Å². The number of fused-ring (bicyclic) bond motifs is 3. The Hall–Kier alpha value is -2.47. The Morgan fingerprint density at radius 1 is 1.18 bits per heavy atom. The fraction of sp³-hybridized carbons (Fsp3) is 0.318. The highest BCUT2D eigenvalue weighted by molar-refractivity contribution is 9.10. The number of hydrogen-bond donors (Lipinski definition) is 1. The maximum Gasteiger partial charge on any atom is 0.272 e. The summed E-state index contributed by atoms with van der Waals surface area (Å²) >= 11 is 3.39. The monoisotopic (exact) mass is 434 g/mol. The summed E-state index contributed by atoms with van der Waals surface area (Å²) in [4.78, 5) is 17.6. The number of carbonyl (C=O) groups excluding carboxylic acids is 1. The molecule has 3 aliphatic carbocycles. The number of aromatic nitrogens is 3. The molecule has 3 aromatic rings. The van der Waals surface area contributed by atoms with Crippen molar-refractivity contribution in [2.24, 2.45) is 5.92 Å². The minimum absolute atomic E-state index is 0.0530. The SMILES string of the molecule is O=C(NC1(c2ccccc2)CC1)c1nn(-c2ccc(Br)nc2)c2c1C[C@H]1C[C@@H]21. The van der Waals surface area contributed by atoms with Gasteiger partial charge in [-0.3, -0.25) is 4.79 Å². The van der Waals surface area contributed by atoms with E-state index < -0.39 is 0 Å².